The number of Topliss-reactive ketones (excluding diaryl/α,β-unsaturated/α-hetero) is 1. The van der Waals surface area contributed by atoms with Crippen LogP contribution in [0.15, 0.2) is 146 Å². The molecule has 1 heteroatoms. The molecule has 328 valence electrons. The third kappa shape index (κ3) is 6.36. The van der Waals surface area contributed by atoms with Gasteiger partial charge in [-0.2, -0.15) is 0 Å². The van der Waals surface area contributed by atoms with Crippen molar-refractivity contribution in [1.82, 2.24) is 0 Å². The first-order chi connectivity index (χ1) is 31.2. The second-order valence-electron chi connectivity index (χ2n) is 23.6. The average molecular weight is 859 g/mol. The van der Waals surface area contributed by atoms with E-state index in [2.05, 4.69) is 229 Å². The Kier molecular flexibility index (Phi) is 9.20. The molecule has 0 aromatic heterocycles. The zero-order valence-electron chi connectivity index (χ0n) is 40.9. The van der Waals surface area contributed by atoms with Crippen molar-refractivity contribution in [3.63, 3.8) is 0 Å². The van der Waals surface area contributed by atoms with E-state index in [1.54, 1.807) is 0 Å². The van der Waals surface area contributed by atoms with Gasteiger partial charge in [0.05, 0.1) is 5.92 Å². The third-order valence-corrected chi connectivity index (χ3v) is 15.1. The van der Waals surface area contributed by atoms with Gasteiger partial charge in [0, 0.05) is 11.5 Å². The maximum Gasteiger partial charge on any atom is 0.172 e. The monoisotopic (exact) mass is 858 g/mol. The molecule has 1 nitrogen and oxygen atoms in total. The highest BCUT2D eigenvalue weighted by Crippen LogP contribution is 2.66. The molecule has 0 heterocycles. The number of allylic oxidation sites excluding steroid dienone is 2. The van der Waals surface area contributed by atoms with Crippen LogP contribution >= 0.6 is 0 Å². The molecule has 8 aromatic rings. The number of fused-ring (bicyclic) bond motifs is 7. The van der Waals surface area contributed by atoms with Gasteiger partial charge in [0.1, 0.15) is 0 Å². The van der Waals surface area contributed by atoms with Crippen molar-refractivity contribution >= 4 is 38.5 Å². The first-order valence-corrected chi connectivity index (χ1v) is 24.1. The first kappa shape index (κ1) is 42.3. The van der Waals surface area contributed by atoms with E-state index in [1.807, 2.05) is 0 Å². The lowest BCUT2D eigenvalue weighted by molar-refractivity contribution is -0.114. The normalized spacial score (nSPS) is 16.8. The summed E-state index contributed by atoms with van der Waals surface area (Å²) in [6, 6.07) is 54.8. The topological polar surface area (TPSA) is 17.1 Å². The molecule has 0 radical (unpaired) electrons. The quantitative estimate of drug-likeness (QED) is 0.172. The lowest BCUT2D eigenvalue weighted by Crippen LogP contribution is -2.21. The zero-order valence-corrected chi connectivity index (χ0v) is 40.9. The summed E-state index contributed by atoms with van der Waals surface area (Å²) in [5.41, 5.74) is 21.6. The highest BCUT2D eigenvalue weighted by Gasteiger charge is 2.50. The van der Waals surface area contributed by atoms with Crippen LogP contribution in [-0.4, -0.2) is 5.78 Å². The molecule has 0 bridgehead atoms. The molecule has 0 amide bonds. The number of benzene rings is 8. The van der Waals surface area contributed by atoms with Gasteiger partial charge in [0.15, 0.2) is 5.78 Å². The predicted molar refractivity (Wildman–Crippen MR) is 282 cm³/mol. The van der Waals surface area contributed by atoms with Crippen LogP contribution in [0.2, 0.25) is 0 Å². The van der Waals surface area contributed by atoms with Gasteiger partial charge in [-0.1, -0.05) is 229 Å². The van der Waals surface area contributed by atoms with Crippen molar-refractivity contribution in [2.24, 2.45) is 0 Å². The molecule has 0 N–H and O–H groups in total. The first-order valence-electron chi connectivity index (χ1n) is 24.1. The van der Waals surface area contributed by atoms with Gasteiger partial charge in [0.2, 0.25) is 0 Å². The molecular formula is C65H62O. The fraction of sp³-hybridized carbons (Fsp3) is 0.277. The minimum atomic E-state index is -0.370. The number of carbonyl (C=O) groups excluding carboxylic acids is 1. The van der Waals surface area contributed by atoms with Gasteiger partial charge >= 0.3 is 0 Å². The summed E-state index contributed by atoms with van der Waals surface area (Å²) in [6.07, 6.45) is 0. The number of hydrogen-bond donors (Lipinski definition) is 0. The van der Waals surface area contributed by atoms with Crippen molar-refractivity contribution in [3.8, 4) is 44.5 Å². The van der Waals surface area contributed by atoms with Crippen molar-refractivity contribution < 1.29 is 4.79 Å². The summed E-state index contributed by atoms with van der Waals surface area (Å²) in [5, 5.41) is 5.14. The predicted octanol–water partition coefficient (Wildman–Crippen LogP) is 17.5. The summed E-state index contributed by atoms with van der Waals surface area (Å²) < 4.78 is 0. The van der Waals surface area contributed by atoms with E-state index in [4.69, 9.17) is 0 Å². The molecular weight excluding hydrogens is 797 g/mol. The summed E-state index contributed by atoms with van der Waals surface area (Å²) in [4.78, 5) is 16.1. The lowest BCUT2D eigenvalue weighted by Gasteiger charge is -2.29. The van der Waals surface area contributed by atoms with Crippen LogP contribution in [0.4, 0.5) is 0 Å². The standard InChI is InChI=1S/C65H62O/c1-62(2,3)41-31-39(32-42(35-41)63(4,5)6)53-59-49-29-27-47-55-48(28-30-50(56(49)55)60(59)54(61(53)66)40-33-43(64(7,8)9)36-44(34-40)65(10,11)12)58-52(38-23-17-14-18-24-38)46-26-20-19-25-45(46)51(57(47)58)37-21-15-13-16-22-37/h13-36,53,59H,1-12H3. The van der Waals surface area contributed by atoms with Crippen molar-refractivity contribution in [3.05, 3.63) is 190 Å². The Balaban J connectivity index is 1.27. The van der Waals surface area contributed by atoms with Crippen molar-refractivity contribution in [2.45, 2.75) is 117 Å². The van der Waals surface area contributed by atoms with E-state index in [-0.39, 0.29) is 39.3 Å². The number of hydrogen-bond acceptors (Lipinski definition) is 1. The maximum atomic E-state index is 16.1. The Bertz CT molecular complexity index is 3230. The molecule has 0 fully saturated rings. The lowest BCUT2D eigenvalue weighted by atomic mass is 9.75. The summed E-state index contributed by atoms with van der Waals surface area (Å²) in [6.45, 7) is 27.6. The molecule has 0 saturated heterocycles. The van der Waals surface area contributed by atoms with E-state index in [0.29, 0.717) is 0 Å². The van der Waals surface area contributed by atoms with Gasteiger partial charge in [-0.15, -0.1) is 0 Å². The van der Waals surface area contributed by atoms with Crippen LogP contribution in [0.25, 0.3) is 77.2 Å². The van der Waals surface area contributed by atoms with E-state index >= 15 is 4.79 Å². The Morgan fingerprint density at radius 3 is 1.23 bits per heavy atom. The second-order valence-corrected chi connectivity index (χ2v) is 23.6. The molecule has 3 aliphatic carbocycles. The molecule has 3 aliphatic rings. The minimum absolute atomic E-state index is 0.0944. The maximum absolute atomic E-state index is 16.1. The summed E-state index contributed by atoms with van der Waals surface area (Å²) in [7, 11) is 0. The number of rotatable bonds is 4. The van der Waals surface area contributed by atoms with Gasteiger partial charge in [-0.25, -0.2) is 0 Å². The molecule has 8 aromatic carbocycles. The fourth-order valence-corrected chi connectivity index (χ4v) is 11.6. The van der Waals surface area contributed by atoms with Crippen LogP contribution < -0.4 is 0 Å². The molecule has 0 spiro atoms. The SMILES string of the molecule is CC(C)(C)c1cc(C2=C3c4ccc5c6c(ccc(c46)C3C(c3cc(C(C)(C)C)cc(C(C)(C)C)c3)C2=O)-c2c-5c(-c3ccccc3)c3ccccc3c2-c2ccccc2)cc(C(C)(C)C)c1. The molecule has 2 atom stereocenters. The van der Waals surface area contributed by atoms with Gasteiger partial charge < -0.3 is 0 Å². The van der Waals surface area contributed by atoms with Crippen LogP contribution in [0.1, 0.15) is 139 Å². The Morgan fingerprint density at radius 1 is 0.364 bits per heavy atom. The Labute approximate surface area is 392 Å². The molecule has 2 unspecified atom stereocenters. The summed E-state index contributed by atoms with van der Waals surface area (Å²) >= 11 is 0. The zero-order chi connectivity index (χ0) is 46.4. The van der Waals surface area contributed by atoms with E-state index in [1.165, 1.54) is 105 Å². The molecule has 11 rings (SSSR count). The third-order valence-electron chi connectivity index (χ3n) is 15.1. The second kappa shape index (κ2) is 14.3. The van der Waals surface area contributed by atoms with E-state index < -0.39 is 0 Å². The van der Waals surface area contributed by atoms with Gasteiger partial charge in [-0.3, -0.25) is 4.79 Å². The summed E-state index contributed by atoms with van der Waals surface area (Å²) in [5.74, 6) is -0.262. The van der Waals surface area contributed by atoms with Gasteiger partial charge in [0.25, 0.3) is 0 Å². The average Bonchev–Trinajstić information content (AvgIpc) is 3.88. The smallest absolute Gasteiger partial charge is 0.172 e. The number of carbonyl (C=O) groups is 1. The Hall–Kier alpha value is -6.31. The Morgan fingerprint density at radius 2 is 0.773 bits per heavy atom. The van der Waals surface area contributed by atoms with E-state index in [9.17, 15) is 0 Å². The fourth-order valence-electron chi connectivity index (χ4n) is 11.6. The molecule has 0 saturated carbocycles. The van der Waals surface area contributed by atoms with Crippen molar-refractivity contribution in [2.75, 3.05) is 0 Å². The van der Waals surface area contributed by atoms with Gasteiger partial charge in [-0.05, 0) is 138 Å². The minimum Gasteiger partial charge on any atom is -0.293 e. The molecule has 0 aliphatic heterocycles. The highest BCUT2D eigenvalue weighted by atomic mass is 16.1. The van der Waals surface area contributed by atoms with Crippen molar-refractivity contribution in [1.29, 1.82) is 0 Å². The number of ketones is 1. The van der Waals surface area contributed by atoms with Crippen LogP contribution in [0, 0.1) is 0 Å². The molecule has 66 heavy (non-hydrogen) atoms. The largest absolute Gasteiger partial charge is 0.293 e. The van der Waals surface area contributed by atoms with E-state index in [0.717, 1.165) is 16.7 Å². The van der Waals surface area contributed by atoms with Crippen LogP contribution in [0.3, 0.4) is 0 Å². The van der Waals surface area contributed by atoms with Crippen LogP contribution in [0.5, 0.6) is 0 Å². The highest BCUT2D eigenvalue weighted by molar-refractivity contribution is 6.39. The van der Waals surface area contributed by atoms with Crippen LogP contribution in [-0.2, 0) is 26.5 Å².